The van der Waals surface area contributed by atoms with Crippen LogP contribution in [-0.4, -0.2) is 37.7 Å². The van der Waals surface area contributed by atoms with Gasteiger partial charge in [0.2, 0.25) is 0 Å². The Morgan fingerprint density at radius 2 is 1.93 bits per heavy atom. The van der Waals surface area contributed by atoms with E-state index in [-0.39, 0.29) is 23.5 Å². The zero-order valence-electron chi connectivity index (χ0n) is 19.4. The van der Waals surface area contributed by atoms with Crippen LogP contribution in [0.3, 0.4) is 0 Å². The molecule has 1 heterocycles. The maximum absolute atomic E-state index is 11.6. The van der Waals surface area contributed by atoms with Gasteiger partial charge in [0.1, 0.15) is 6.10 Å². The second-order valence-corrected chi connectivity index (χ2v) is 16.3. The predicted molar refractivity (Wildman–Crippen MR) is 119 cm³/mol. The summed E-state index contributed by atoms with van der Waals surface area (Å²) in [7, 11) is -1.72. The molecule has 0 aromatic carbocycles. The predicted octanol–water partition coefficient (Wildman–Crippen LogP) is 5.50. The first-order chi connectivity index (χ1) is 13.5. The molecule has 0 amide bonds. The van der Waals surface area contributed by atoms with Crippen LogP contribution < -0.4 is 0 Å². The van der Waals surface area contributed by atoms with Crippen LogP contribution in [-0.2, 0) is 14.0 Å². The van der Waals surface area contributed by atoms with Crippen molar-refractivity contribution in [2.45, 2.75) is 116 Å². The molecule has 0 aromatic heterocycles. The van der Waals surface area contributed by atoms with E-state index in [9.17, 15) is 9.90 Å². The molecule has 1 aliphatic heterocycles. The molecular formula is C24H43O4Si. The highest BCUT2D eigenvalue weighted by atomic mass is 28.4. The van der Waals surface area contributed by atoms with Crippen molar-refractivity contribution in [2.75, 3.05) is 0 Å². The fraction of sp³-hybridized carbons (Fsp3) is 0.917. The Bertz CT molecular complexity index is 570. The number of carbonyl (C=O) groups excluding carboxylic acids is 1. The Balaban J connectivity index is 1.56. The average Bonchev–Trinajstić information content (AvgIpc) is 2.59. The molecule has 0 spiro atoms. The third-order valence-corrected chi connectivity index (χ3v) is 12.9. The molecule has 0 aromatic rings. The lowest BCUT2D eigenvalue weighted by Crippen LogP contribution is -2.47. The number of hydrogen-bond donors (Lipinski definition) is 1. The first-order valence-corrected chi connectivity index (χ1v) is 14.8. The summed E-state index contributed by atoms with van der Waals surface area (Å²) in [5.74, 6) is 2.55. The maximum atomic E-state index is 11.6. The van der Waals surface area contributed by atoms with Crippen molar-refractivity contribution in [3.63, 3.8) is 0 Å². The van der Waals surface area contributed by atoms with Crippen molar-refractivity contribution in [3.05, 3.63) is 6.42 Å². The first-order valence-electron chi connectivity index (χ1n) is 11.8. The van der Waals surface area contributed by atoms with Crippen LogP contribution in [0.4, 0.5) is 0 Å². The van der Waals surface area contributed by atoms with Crippen molar-refractivity contribution < 1.29 is 19.1 Å². The Morgan fingerprint density at radius 3 is 2.59 bits per heavy atom. The van der Waals surface area contributed by atoms with Gasteiger partial charge < -0.3 is 14.3 Å². The molecule has 3 rings (SSSR count). The molecule has 29 heavy (non-hydrogen) atoms. The molecule has 1 saturated heterocycles. The topological polar surface area (TPSA) is 55.8 Å². The molecule has 2 aliphatic carbocycles. The lowest BCUT2D eigenvalue weighted by molar-refractivity contribution is -0.160. The van der Waals surface area contributed by atoms with Gasteiger partial charge in [0.05, 0.1) is 12.5 Å². The van der Waals surface area contributed by atoms with Gasteiger partial charge >= 0.3 is 5.97 Å². The van der Waals surface area contributed by atoms with E-state index < -0.39 is 14.4 Å². The molecule has 5 heteroatoms. The number of fused-ring (bicyclic) bond motifs is 1. The van der Waals surface area contributed by atoms with Gasteiger partial charge in [0, 0.05) is 12.5 Å². The monoisotopic (exact) mass is 423 g/mol. The molecule has 1 N–H and O–H groups in total. The number of aliphatic hydroxyl groups excluding tert-OH is 1. The van der Waals surface area contributed by atoms with Gasteiger partial charge in [-0.15, -0.1) is 0 Å². The van der Waals surface area contributed by atoms with Crippen molar-refractivity contribution in [1.29, 1.82) is 0 Å². The van der Waals surface area contributed by atoms with E-state index in [1.807, 2.05) is 0 Å². The number of ether oxygens (including phenoxy) is 1. The number of esters is 1. The van der Waals surface area contributed by atoms with Crippen molar-refractivity contribution in [2.24, 2.45) is 23.7 Å². The second-order valence-electron chi connectivity index (χ2n) is 11.5. The molecule has 7 atom stereocenters. The van der Waals surface area contributed by atoms with Crippen LogP contribution in [0, 0.1) is 30.1 Å². The molecule has 0 bridgehead atoms. The minimum Gasteiger partial charge on any atom is -0.462 e. The summed E-state index contributed by atoms with van der Waals surface area (Å²) in [6.07, 6.45) is 9.97. The Kier molecular flexibility index (Phi) is 7.22. The summed E-state index contributed by atoms with van der Waals surface area (Å²) in [6.45, 7) is 14.1. The summed E-state index contributed by atoms with van der Waals surface area (Å²) < 4.78 is 12.3. The van der Waals surface area contributed by atoms with E-state index in [0.717, 1.165) is 31.1 Å². The highest BCUT2D eigenvalue weighted by Gasteiger charge is 2.45. The van der Waals surface area contributed by atoms with Gasteiger partial charge in [0.15, 0.2) is 8.32 Å². The molecule has 167 valence electrons. The Hall–Kier alpha value is -0.393. The summed E-state index contributed by atoms with van der Waals surface area (Å²) in [5, 5.41) is 10.1. The number of carbonyl (C=O) groups is 1. The van der Waals surface area contributed by atoms with Gasteiger partial charge in [-0.1, -0.05) is 34.1 Å². The van der Waals surface area contributed by atoms with Crippen molar-refractivity contribution in [3.8, 4) is 0 Å². The van der Waals surface area contributed by atoms with Gasteiger partial charge in [-0.2, -0.15) is 0 Å². The van der Waals surface area contributed by atoms with Gasteiger partial charge in [0.25, 0.3) is 0 Å². The van der Waals surface area contributed by atoms with Crippen LogP contribution in [0.5, 0.6) is 0 Å². The lowest BCUT2D eigenvalue weighted by atomic mass is 9.60. The first kappa shape index (κ1) is 23.3. The molecule has 4 nitrogen and oxygen atoms in total. The van der Waals surface area contributed by atoms with Crippen LogP contribution in [0.1, 0.15) is 79.1 Å². The normalized spacial score (nSPS) is 39.0. The molecular weight excluding hydrogens is 380 g/mol. The lowest BCUT2D eigenvalue weighted by Gasteiger charge is -2.49. The van der Waals surface area contributed by atoms with E-state index in [0.29, 0.717) is 24.4 Å². The average molecular weight is 424 g/mol. The fourth-order valence-corrected chi connectivity index (χ4v) is 6.96. The van der Waals surface area contributed by atoms with Gasteiger partial charge in [-0.05, 0) is 80.3 Å². The Labute approximate surface area is 179 Å². The smallest absolute Gasteiger partial charge is 0.308 e. The molecule has 3 aliphatic rings. The third-order valence-electron chi connectivity index (χ3n) is 8.32. The van der Waals surface area contributed by atoms with Crippen molar-refractivity contribution >= 4 is 14.3 Å². The largest absolute Gasteiger partial charge is 0.462 e. The SMILES string of the molecule is CC1CCC2CC(O[Si](C)(C)C(C)(C)C)C[CH]C2C1CCC1CC(O)CC(=O)O1. The highest BCUT2D eigenvalue weighted by molar-refractivity contribution is 6.74. The van der Waals surface area contributed by atoms with Crippen LogP contribution in [0.2, 0.25) is 18.1 Å². The standard InChI is InChI=1S/C24H43O4Si/c1-16-7-8-17-13-20(28-29(5,6)24(2,3)4)10-12-22(17)21(16)11-9-19-14-18(25)15-23(26)27-19/h12,16-22,25H,7-11,13-15H2,1-6H3. The van der Waals surface area contributed by atoms with E-state index in [2.05, 4.69) is 47.2 Å². The highest BCUT2D eigenvalue weighted by Crippen LogP contribution is 2.49. The van der Waals surface area contributed by atoms with Crippen molar-refractivity contribution in [1.82, 2.24) is 0 Å². The summed E-state index contributed by atoms with van der Waals surface area (Å²) in [5.41, 5.74) is 0. The van der Waals surface area contributed by atoms with Crippen LogP contribution >= 0.6 is 0 Å². The molecule has 3 fully saturated rings. The number of aliphatic hydroxyl groups is 1. The zero-order valence-corrected chi connectivity index (χ0v) is 20.4. The second kappa shape index (κ2) is 9.00. The third kappa shape index (κ3) is 5.65. The molecule has 2 saturated carbocycles. The summed E-state index contributed by atoms with van der Waals surface area (Å²) in [4.78, 5) is 11.6. The Morgan fingerprint density at radius 1 is 1.21 bits per heavy atom. The number of hydrogen-bond acceptors (Lipinski definition) is 4. The van der Waals surface area contributed by atoms with E-state index in [1.54, 1.807) is 0 Å². The summed E-state index contributed by atoms with van der Waals surface area (Å²) >= 11 is 0. The molecule has 1 radical (unpaired) electrons. The van der Waals surface area contributed by atoms with Crippen LogP contribution in [0.25, 0.3) is 0 Å². The minimum absolute atomic E-state index is 0.0999. The number of cyclic esters (lactones) is 1. The summed E-state index contributed by atoms with van der Waals surface area (Å²) in [6, 6.07) is 0. The van der Waals surface area contributed by atoms with E-state index in [1.165, 1.54) is 19.3 Å². The zero-order chi connectivity index (χ0) is 21.4. The minimum atomic E-state index is -1.72. The fourth-order valence-electron chi connectivity index (χ4n) is 5.58. The van der Waals surface area contributed by atoms with E-state index >= 15 is 0 Å². The maximum Gasteiger partial charge on any atom is 0.308 e. The quantitative estimate of drug-likeness (QED) is 0.468. The van der Waals surface area contributed by atoms with Gasteiger partial charge in [-0.3, -0.25) is 4.79 Å². The van der Waals surface area contributed by atoms with E-state index in [4.69, 9.17) is 9.16 Å². The van der Waals surface area contributed by atoms with Crippen LogP contribution in [0.15, 0.2) is 0 Å². The molecule has 7 unspecified atom stereocenters. The van der Waals surface area contributed by atoms with Gasteiger partial charge in [-0.25, -0.2) is 0 Å². The number of rotatable bonds is 5.